The predicted molar refractivity (Wildman–Crippen MR) is 117 cm³/mol. The van der Waals surface area contributed by atoms with E-state index in [1.807, 2.05) is 24.3 Å². The van der Waals surface area contributed by atoms with Crippen molar-refractivity contribution in [2.75, 3.05) is 13.1 Å². The van der Waals surface area contributed by atoms with Crippen molar-refractivity contribution in [1.29, 1.82) is 0 Å². The van der Waals surface area contributed by atoms with E-state index in [1.165, 1.54) is 32.1 Å². The average Bonchev–Trinajstić information content (AvgIpc) is 3.19. The second-order valence-corrected chi connectivity index (χ2v) is 9.00. The largest absolute Gasteiger partial charge is 0.353 e. The molecular formula is C23H31ClN4O2. The van der Waals surface area contributed by atoms with Crippen LogP contribution < -0.4 is 5.32 Å². The van der Waals surface area contributed by atoms with E-state index in [0.29, 0.717) is 29.3 Å². The third kappa shape index (κ3) is 5.61. The van der Waals surface area contributed by atoms with Gasteiger partial charge in [-0.15, -0.1) is 0 Å². The van der Waals surface area contributed by atoms with Crippen LogP contribution in [0.5, 0.6) is 0 Å². The van der Waals surface area contributed by atoms with E-state index in [2.05, 4.69) is 20.4 Å². The number of amides is 1. The molecule has 1 aliphatic heterocycles. The molecule has 1 aromatic heterocycles. The molecule has 1 saturated heterocycles. The fourth-order valence-corrected chi connectivity index (χ4v) is 4.76. The number of halogens is 1. The second kappa shape index (κ2) is 10.4. The lowest BCUT2D eigenvalue weighted by atomic mass is 9.93. The molecule has 2 heterocycles. The molecule has 30 heavy (non-hydrogen) atoms. The summed E-state index contributed by atoms with van der Waals surface area (Å²) in [4.78, 5) is 19.5. The van der Waals surface area contributed by atoms with Crippen LogP contribution in [0.25, 0.3) is 11.4 Å². The summed E-state index contributed by atoms with van der Waals surface area (Å²) in [7, 11) is 0. The third-order valence-electron chi connectivity index (χ3n) is 6.35. The van der Waals surface area contributed by atoms with Crippen molar-refractivity contribution in [1.82, 2.24) is 20.4 Å². The lowest BCUT2D eigenvalue weighted by molar-refractivity contribution is -0.127. The zero-order valence-electron chi connectivity index (χ0n) is 17.5. The summed E-state index contributed by atoms with van der Waals surface area (Å²) in [6.07, 6.45) is 10.5. The first-order chi connectivity index (χ1) is 14.7. The minimum Gasteiger partial charge on any atom is -0.353 e. The van der Waals surface area contributed by atoms with Gasteiger partial charge in [-0.25, -0.2) is 0 Å². The number of benzene rings is 1. The molecule has 1 saturated carbocycles. The predicted octanol–water partition coefficient (Wildman–Crippen LogP) is 4.83. The fraction of sp³-hybridized carbons (Fsp3) is 0.609. The summed E-state index contributed by atoms with van der Waals surface area (Å²) in [6.45, 7) is 2.34. The number of hydrogen-bond acceptors (Lipinski definition) is 5. The fourth-order valence-electron chi connectivity index (χ4n) is 4.54. The molecule has 2 fully saturated rings. The highest BCUT2D eigenvalue weighted by atomic mass is 35.5. The van der Waals surface area contributed by atoms with Gasteiger partial charge in [0.2, 0.25) is 17.6 Å². The number of carbonyl (C=O) groups excluding carboxylic acids is 1. The Kier molecular flexibility index (Phi) is 7.39. The van der Waals surface area contributed by atoms with E-state index in [1.54, 1.807) is 0 Å². The van der Waals surface area contributed by atoms with E-state index in [9.17, 15) is 4.79 Å². The number of rotatable bonds is 5. The highest BCUT2D eigenvalue weighted by molar-refractivity contribution is 6.33. The second-order valence-electron chi connectivity index (χ2n) is 8.59. The summed E-state index contributed by atoms with van der Waals surface area (Å²) >= 11 is 6.22. The van der Waals surface area contributed by atoms with Gasteiger partial charge in [-0.05, 0) is 50.9 Å². The molecule has 162 valence electrons. The number of aromatic nitrogens is 2. The minimum absolute atomic E-state index is 0.119. The summed E-state index contributed by atoms with van der Waals surface area (Å²) in [5.74, 6) is 1.47. The Balaban J connectivity index is 1.25. The monoisotopic (exact) mass is 430 g/mol. The zero-order valence-corrected chi connectivity index (χ0v) is 18.2. The van der Waals surface area contributed by atoms with Crippen molar-refractivity contribution < 1.29 is 9.32 Å². The molecule has 1 amide bonds. The summed E-state index contributed by atoms with van der Waals surface area (Å²) < 4.78 is 5.43. The van der Waals surface area contributed by atoms with Crippen LogP contribution in [0, 0.1) is 5.92 Å². The molecule has 2 aromatic rings. The third-order valence-corrected chi connectivity index (χ3v) is 6.68. The highest BCUT2D eigenvalue weighted by Crippen LogP contribution is 2.26. The molecule has 7 heteroatoms. The van der Waals surface area contributed by atoms with E-state index < -0.39 is 0 Å². The normalized spacial score (nSPS) is 19.9. The highest BCUT2D eigenvalue weighted by Gasteiger charge is 2.27. The SMILES string of the molecule is O=C(NC1CCCCCCC1)C1CCN(Cc2nc(-c3ccccc3Cl)no2)CC1. The van der Waals surface area contributed by atoms with E-state index in [-0.39, 0.29) is 11.8 Å². The molecule has 4 rings (SSSR count). The molecule has 0 bridgehead atoms. The number of hydrogen-bond donors (Lipinski definition) is 1. The maximum Gasteiger partial charge on any atom is 0.241 e. The van der Waals surface area contributed by atoms with Gasteiger partial charge in [-0.1, -0.05) is 61.0 Å². The molecular weight excluding hydrogens is 400 g/mol. The quantitative estimate of drug-likeness (QED) is 0.735. The van der Waals surface area contributed by atoms with E-state index >= 15 is 0 Å². The molecule has 0 spiro atoms. The first-order valence-corrected chi connectivity index (χ1v) is 11.7. The smallest absolute Gasteiger partial charge is 0.241 e. The topological polar surface area (TPSA) is 71.3 Å². The van der Waals surface area contributed by atoms with Gasteiger partial charge >= 0.3 is 0 Å². The van der Waals surface area contributed by atoms with Gasteiger partial charge in [-0.3, -0.25) is 9.69 Å². The Morgan fingerprint density at radius 1 is 1.07 bits per heavy atom. The minimum atomic E-state index is 0.119. The number of nitrogens with one attached hydrogen (secondary N) is 1. The summed E-state index contributed by atoms with van der Waals surface area (Å²) in [5.41, 5.74) is 0.777. The lowest BCUT2D eigenvalue weighted by Gasteiger charge is -2.31. The molecule has 0 unspecified atom stereocenters. The van der Waals surface area contributed by atoms with Gasteiger partial charge < -0.3 is 9.84 Å². The van der Waals surface area contributed by atoms with Crippen LogP contribution in [0.3, 0.4) is 0 Å². The van der Waals surface area contributed by atoms with Crippen LogP contribution in [0.15, 0.2) is 28.8 Å². The van der Waals surface area contributed by atoms with Gasteiger partial charge in [0.05, 0.1) is 11.6 Å². The molecule has 1 aliphatic carbocycles. The molecule has 0 atom stereocenters. The van der Waals surface area contributed by atoms with Crippen LogP contribution in [0.1, 0.15) is 63.7 Å². The maximum absolute atomic E-state index is 12.7. The summed E-state index contributed by atoms with van der Waals surface area (Å²) in [5, 5.41) is 8.02. The Hall–Kier alpha value is -1.92. The van der Waals surface area contributed by atoms with Gasteiger partial charge in [0.1, 0.15) is 0 Å². The first-order valence-electron chi connectivity index (χ1n) is 11.3. The van der Waals surface area contributed by atoms with Crippen LogP contribution in [0.2, 0.25) is 5.02 Å². The van der Waals surface area contributed by atoms with E-state index in [0.717, 1.165) is 44.3 Å². The number of likely N-dealkylation sites (tertiary alicyclic amines) is 1. The van der Waals surface area contributed by atoms with Crippen molar-refractivity contribution >= 4 is 17.5 Å². The summed E-state index contributed by atoms with van der Waals surface area (Å²) in [6, 6.07) is 7.86. The van der Waals surface area contributed by atoms with Crippen molar-refractivity contribution in [2.24, 2.45) is 5.92 Å². The molecule has 2 aliphatic rings. The lowest BCUT2D eigenvalue weighted by Crippen LogP contribution is -2.43. The first kappa shape index (κ1) is 21.3. The Labute approximate surface area is 183 Å². The standard InChI is InChI=1S/C23H31ClN4O2/c24-20-11-7-6-10-19(20)22-26-21(30-27-22)16-28-14-12-17(13-15-28)23(29)25-18-8-4-2-1-3-5-9-18/h6-7,10-11,17-18H,1-5,8-9,12-16H2,(H,25,29). The van der Waals surface area contributed by atoms with Gasteiger partial charge in [-0.2, -0.15) is 4.98 Å². The van der Waals surface area contributed by atoms with E-state index in [4.69, 9.17) is 16.1 Å². The van der Waals surface area contributed by atoms with Crippen molar-refractivity contribution in [3.63, 3.8) is 0 Å². The number of carbonyl (C=O) groups is 1. The number of nitrogens with zero attached hydrogens (tertiary/aromatic N) is 3. The Morgan fingerprint density at radius 2 is 1.77 bits per heavy atom. The molecule has 1 N–H and O–H groups in total. The van der Waals surface area contributed by atoms with Gasteiger partial charge in [0.25, 0.3) is 0 Å². The maximum atomic E-state index is 12.7. The van der Waals surface area contributed by atoms with Gasteiger partial charge in [0.15, 0.2) is 0 Å². The van der Waals surface area contributed by atoms with Crippen molar-refractivity contribution in [2.45, 2.75) is 70.4 Å². The van der Waals surface area contributed by atoms with Crippen molar-refractivity contribution in [3.8, 4) is 11.4 Å². The van der Waals surface area contributed by atoms with Crippen LogP contribution in [0.4, 0.5) is 0 Å². The zero-order chi connectivity index (χ0) is 20.8. The van der Waals surface area contributed by atoms with Crippen LogP contribution >= 0.6 is 11.6 Å². The average molecular weight is 431 g/mol. The Morgan fingerprint density at radius 3 is 2.50 bits per heavy atom. The number of piperidine rings is 1. The van der Waals surface area contributed by atoms with Gasteiger partial charge in [0, 0.05) is 17.5 Å². The van der Waals surface area contributed by atoms with Crippen LogP contribution in [-0.2, 0) is 11.3 Å². The van der Waals surface area contributed by atoms with Crippen molar-refractivity contribution in [3.05, 3.63) is 35.2 Å². The van der Waals surface area contributed by atoms with Crippen LogP contribution in [-0.4, -0.2) is 40.1 Å². The molecule has 0 radical (unpaired) electrons. The molecule has 6 nitrogen and oxygen atoms in total. The molecule has 1 aromatic carbocycles. The Bertz CT molecular complexity index is 824.